The normalized spacial score (nSPS) is 24.4. The Kier molecular flexibility index (Phi) is 3.96. The number of nitrogens with zero attached hydrogens (tertiary/aromatic N) is 2. The third-order valence-electron chi connectivity index (χ3n) is 4.71. The number of rotatable bonds is 2. The molecule has 112 valence electrons. The van der Waals surface area contributed by atoms with Crippen LogP contribution < -0.4 is 0 Å². The van der Waals surface area contributed by atoms with E-state index >= 15 is 0 Å². The molecule has 1 aromatic carbocycles. The Balaban J connectivity index is 1.97. The Morgan fingerprint density at radius 3 is 2.76 bits per heavy atom. The summed E-state index contributed by atoms with van der Waals surface area (Å²) in [6.07, 6.45) is 4.43. The van der Waals surface area contributed by atoms with Gasteiger partial charge >= 0.3 is 0 Å². The van der Waals surface area contributed by atoms with Gasteiger partial charge in [0, 0.05) is 29.7 Å². The van der Waals surface area contributed by atoms with Crippen molar-refractivity contribution in [3.05, 3.63) is 42.1 Å². The molecular formula is C18H24N2O. The van der Waals surface area contributed by atoms with E-state index in [4.69, 9.17) is 0 Å². The average molecular weight is 284 g/mol. The van der Waals surface area contributed by atoms with Crippen molar-refractivity contribution in [2.75, 3.05) is 13.1 Å². The summed E-state index contributed by atoms with van der Waals surface area (Å²) < 4.78 is 0. The number of aliphatic hydroxyl groups is 1. The van der Waals surface area contributed by atoms with Gasteiger partial charge in [0.25, 0.3) is 0 Å². The lowest BCUT2D eigenvalue weighted by atomic mass is 9.85. The van der Waals surface area contributed by atoms with Crippen molar-refractivity contribution in [3.63, 3.8) is 0 Å². The fourth-order valence-electron chi connectivity index (χ4n) is 3.41. The lowest BCUT2D eigenvalue weighted by molar-refractivity contribution is 0.0217. The second-order valence-electron chi connectivity index (χ2n) is 6.40. The highest BCUT2D eigenvalue weighted by atomic mass is 16.3. The van der Waals surface area contributed by atoms with Gasteiger partial charge in [-0.1, -0.05) is 24.3 Å². The molecule has 21 heavy (non-hydrogen) atoms. The largest absolute Gasteiger partial charge is 0.385 e. The highest BCUT2D eigenvalue weighted by Crippen LogP contribution is 2.36. The van der Waals surface area contributed by atoms with Crippen LogP contribution in [0.4, 0.5) is 0 Å². The Hall–Kier alpha value is -1.45. The zero-order valence-electron chi connectivity index (χ0n) is 12.9. The van der Waals surface area contributed by atoms with Crippen molar-refractivity contribution < 1.29 is 5.11 Å². The van der Waals surface area contributed by atoms with E-state index in [0.717, 1.165) is 48.8 Å². The Morgan fingerprint density at radius 1 is 1.14 bits per heavy atom. The minimum Gasteiger partial charge on any atom is -0.385 e. The van der Waals surface area contributed by atoms with Gasteiger partial charge in [-0.15, -0.1) is 0 Å². The first-order chi connectivity index (χ1) is 10.1. The van der Waals surface area contributed by atoms with Crippen molar-refractivity contribution in [1.82, 2.24) is 9.88 Å². The van der Waals surface area contributed by atoms with E-state index in [2.05, 4.69) is 35.9 Å². The summed E-state index contributed by atoms with van der Waals surface area (Å²) in [7, 11) is 0. The molecule has 0 radical (unpaired) electrons. The maximum absolute atomic E-state index is 11.3. The molecule has 0 amide bonds. The number of hydrogen-bond donors (Lipinski definition) is 1. The van der Waals surface area contributed by atoms with Crippen molar-refractivity contribution in [2.45, 2.75) is 44.8 Å². The second-order valence-corrected chi connectivity index (χ2v) is 6.40. The molecule has 2 aromatic rings. The topological polar surface area (TPSA) is 36.4 Å². The minimum atomic E-state index is -0.752. The lowest BCUT2D eigenvalue weighted by Crippen LogP contribution is -2.33. The van der Waals surface area contributed by atoms with Gasteiger partial charge in [-0.3, -0.25) is 4.98 Å². The summed E-state index contributed by atoms with van der Waals surface area (Å²) in [6.45, 7) is 6.46. The SMILES string of the molecule is CC(C)N1CCCC(O)(c2cccc3cccnc23)CC1. The average Bonchev–Trinajstić information content (AvgIpc) is 2.69. The maximum atomic E-state index is 11.3. The third-order valence-corrected chi connectivity index (χ3v) is 4.71. The zero-order valence-corrected chi connectivity index (χ0v) is 12.9. The fraction of sp³-hybridized carbons (Fsp3) is 0.500. The molecule has 0 bridgehead atoms. The van der Waals surface area contributed by atoms with E-state index in [-0.39, 0.29) is 0 Å². The van der Waals surface area contributed by atoms with Crippen LogP contribution in [0.2, 0.25) is 0 Å². The van der Waals surface area contributed by atoms with Crippen LogP contribution in [0.3, 0.4) is 0 Å². The smallest absolute Gasteiger partial charge is 0.0930 e. The van der Waals surface area contributed by atoms with Gasteiger partial charge in [0.2, 0.25) is 0 Å². The molecule has 1 saturated heterocycles. The first kappa shape index (κ1) is 14.5. The van der Waals surface area contributed by atoms with E-state index in [9.17, 15) is 5.11 Å². The van der Waals surface area contributed by atoms with Gasteiger partial charge in [-0.05, 0) is 45.7 Å². The quantitative estimate of drug-likeness (QED) is 0.919. The Labute approximate surface area is 126 Å². The van der Waals surface area contributed by atoms with E-state index in [0.29, 0.717) is 6.04 Å². The first-order valence-electron chi connectivity index (χ1n) is 7.91. The molecule has 3 heteroatoms. The van der Waals surface area contributed by atoms with Crippen LogP contribution in [0.1, 0.15) is 38.7 Å². The second kappa shape index (κ2) is 5.74. The standard InChI is InChI=1S/C18H24N2O/c1-14(2)20-12-5-9-18(21,10-13-20)16-8-3-6-15-7-4-11-19-17(15)16/h3-4,6-8,11,14,21H,5,9-10,12-13H2,1-2H3. The van der Waals surface area contributed by atoms with Crippen molar-refractivity contribution >= 4 is 10.9 Å². The molecule has 0 aliphatic carbocycles. The number of pyridine rings is 1. The van der Waals surface area contributed by atoms with Crippen LogP contribution in [0.5, 0.6) is 0 Å². The number of fused-ring (bicyclic) bond motifs is 1. The van der Waals surface area contributed by atoms with E-state index in [1.54, 1.807) is 0 Å². The summed E-state index contributed by atoms with van der Waals surface area (Å²) in [4.78, 5) is 6.97. The summed E-state index contributed by atoms with van der Waals surface area (Å²) >= 11 is 0. The van der Waals surface area contributed by atoms with E-state index in [1.807, 2.05) is 24.4 Å². The Bertz CT molecular complexity index is 620. The van der Waals surface area contributed by atoms with Crippen molar-refractivity contribution in [1.29, 1.82) is 0 Å². The fourth-order valence-corrected chi connectivity index (χ4v) is 3.41. The molecule has 3 rings (SSSR count). The van der Waals surface area contributed by atoms with Crippen LogP contribution >= 0.6 is 0 Å². The zero-order chi connectivity index (χ0) is 14.9. The summed E-state index contributed by atoms with van der Waals surface area (Å²) in [5.74, 6) is 0. The predicted octanol–water partition coefficient (Wildman–Crippen LogP) is 3.32. The first-order valence-corrected chi connectivity index (χ1v) is 7.91. The summed E-state index contributed by atoms with van der Waals surface area (Å²) in [6, 6.07) is 10.7. The summed E-state index contributed by atoms with van der Waals surface area (Å²) in [5.41, 5.74) is 1.18. The molecule has 0 saturated carbocycles. The summed E-state index contributed by atoms with van der Waals surface area (Å²) in [5, 5.41) is 12.4. The molecule has 1 aliphatic rings. The van der Waals surface area contributed by atoms with Crippen LogP contribution in [0.25, 0.3) is 10.9 Å². The molecule has 3 nitrogen and oxygen atoms in total. The molecule has 1 atom stereocenters. The van der Waals surface area contributed by atoms with Gasteiger partial charge in [0.15, 0.2) is 0 Å². The maximum Gasteiger partial charge on any atom is 0.0930 e. The van der Waals surface area contributed by atoms with Gasteiger partial charge in [0.1, 0.15) is 0 Å². The Morgan fingerprint density at radius 2 is 1.95 bits per heavy atom. The molecular weight excluding hydrogens is 260 g/mol. The molecule has 1 aliphatic heterocycles. The molecule has 1 aromatic heterocycles. The van der Waals surface area contributed by atoms with E-state index in [1.165, 1.54) is 0 Å². The lowest BCUT2D eigenvalue weighted by Gasteiger charge is -2.29. The molecule has 2 heterocycles. The molecule has 1 unspecified atom stereocenters. The van der Waals surface area contributed by atoms with Crippen LogP contribution in [0.15, 0.2) is 36.5 Å². The number of aromatic nitrogens is 1. The number of hydrogen-bond acceptors (Lipinski definition) is 3. The van der Waals surface area contributed by atoms with Crippen molar-refractivity contribution in [3.8, 4) is 0 Å². The molecule has 1 fully saturated rings. The van der Waals surface area contributed by atoms with Gasteiger partial charge in [-0.25, -0.2) is 0 Å². The van der Waals surface area contributed by atoms with Gasteiger partial charge in [0.05, 0.1) is 11.1 Å². The van der Waals surface area contributed by atoms with E-state index < -0.39 is 5.60 Å². The third kappa shape index (κ3) is 2.81. The number of likely N-dealkylation sites (tertiary alicyclic amines) is 1. The molecule has 1 N–H and O–H groups in total. The number of para-hydroxylation sites is 1. The minimum absolute atomic E-state index is 0.540. The van der Waals surface area contributed by atoms with Gasteiger partial charge < -0.3 is 10.0 Å². The molecule has 0 spiro atoms. The highest BCUT2D eigenvalue weighted by Gasteiger charge is 2.34. The van der Waals surface area contributed by atoms with Crippen LogP contribution in [-0.2, 0) is 5.60 Å². The highest BCUT2D eigenvalue weighted by molar-refractivity contribution is 5.82. The monoisotopic (exact) mass is 284 g/mol. The van der Waals surface area contributed by atoms with Crippen LogP contribution in [0, 0.1) is 0 Å². The van der Waals surface area contributed by atoms with Gasteiger partial charge in [-0.2, -0.15) is 0 Å². The predicted molar refractivity (Wildman–Crippen MR) is 86.2 cm³/mol. The van der Waals surface area contributed by atoms with Crippen molar-refractivity contribution in [2.24, 2.45) is 0 Å². The van der Waals surface area contributed by atoms with Crippen LogP contribution in [-0.4, -0.2) is 34.1 Å². The number of benzene rings is 1.